The van der Waals surface area contributed by atoms with E-state index < -0.39 is 0 Å². The summed E-state index contributed by atoms with van der Waals surface area (Å²) in [5, 5.41) is 9.79. The van der Waals surface area contributed by atoms with Crippen molar-refractivity contribution in [1.29, 1.82) is 0 Å². The predicted molar refractivity (Wildman–Crippen MR) is 405 cm³/mol. The zero-order valence-electron chi connectivity index (χ0n) is 55.5. The zero-order valence-corrected chi connectivity index (χ0v) is 55.5. The number of benzene rings is 13. The lowest BCUT2D eigenvalue weighted by atomic mass is 9.34. The van der Waals surface area contributed by atoms with E-state index in [9.17, 15) is 0 Å². The molecule has 17 aromatic rings. The van der Waals surface area contributed by atoms with Crippen LogP contribution in [0, 0.1) is 41.5 Å². The molecule has 0 radical (unpaired) electrons. The van der Waals surface area contributed by atoms with E-state index in [2.05, 4.69) is 336 Å². The third-order valence-electron chi connectivity index (χ3n) is 22.4. The number of fused-ring (bicyclic) bond motifs is 18. The quantitative estimate of drug-likeness (QED) is 0.142. The fourth-order valence-electron chi connectivity index (χ4n) is 18.5. The van der Waals surface area contributed by atoms with Crippen LogP contribution < -0.4 is 16.4 Å². The first kappa shape index (κ1) is 55.7. The van der Waals surface area contributed by atoms with Crippen molar-refractivity contribution >= 4 is 110 Å². The number of para-hydroxylation sites is 4. The molecular formula is C90H71BN4. The molecule has 0 bridgehead atoms. The number of rotatable bonds is 7. The zero-order chi connectivity index (χ0) is 64.2. The summed E-state index contributed by atoms with van der Waals surface area (Å²) in [6, 6.07) is 95.9. The number of aryl methyl sites for hydroxylation is 6. The van der Waals surface area contributed by atoms with Crippen molar-refractivity contribution in [3.8, 4) is 45.0 Å². The lowest BCUT2D eigenvalue weighted by Crippen LogP contribution is -2.56. The van der Waals surface area contributed by atoms with E-state index in [0.29, 0.717) is 0 Å². The number of aromatic nitrogens is 4. The van der Waals surface area contributed by atoms with E-state index >= 15 is 0 Å². The lowest BCUT2D eigenvalue weighted by molar-refractivity contribution is 0.660. The van der Waals surface area contributed by atoms with Gasteiger partial charge in [-0.1, -0.05) is 235 Å². The average molecular weight is 1220 g/mol. The van der Waals surface area contributed by atoms with Crippen LogP contribution in [-0.2, 0) is 10.8 Å². The molecule has 4 heterocycles. The van der Waals surface area contributed by atoms with Crippen LogP contribution in [0.3, 0.4) is 0 Å². The molecule has 19 rings (SSSR count). The highest BCUT2D eigenvalue weighted by atomic mass is 15.0. The van der Waals surface area contributed by atoms with Crippen molar-refractivity contribution < 1.29 is 0 Å². The normalized spacial score (nSPS) is 13.7. The predicted octanol–water partition coefficient (Wildman–Crippen LogP) is 21.1. The molecule has 0 amide bonds. The highest BCUT2D eigenvalue weighted by Crippen LogP contribution is 2.52. The molecule has 4 aromatic heterocycles. The maximum absolute atomic E-state index is 2.59. The van der Waals surface area contributed by atoms with E-state index in [4.69, 9.17) is 0 Å². The molecule has 0 spiro atoms. The van der Waals surface area contributed by atoms with Gasteiger partial charge in [0.15, 0.2) is 0 Å². The first-order valence-electron chi connectivity index (χ1n) is 33.8. The third kappa shape index (κ3) is 7.78. The maximum Gasteiger partial charge on any atom is 0.242 e. The molecule has 0 saturated carbocycles. The van der Waals surface area contributed by atoms with Gasteiger partial charge in [0.2, 0.25) is 6.71 Å². The summed E-state index contributed by atoms with van der Waals surface area (Å²) in [5.74, 6) is 0. The Hall–Kier alpha value is -10.9. The van der Waals surface area contributed by atoms with Crippen LogP contribution in [-0.4, -0.2) is 25.0 Å². The van der Waals surface area contributed by atoms with E-state index in [1.165, 1.54) is 193 Å². The number of nitrogens with zero attached hydrogens (tertiary/aromatic N) is 4. The molecule has 454 valence electrons. The number of hydrogen-bond acceptors (Lipinski definition) is 0. The summed E-state index contributed by atoms with van der Waals surface area (Å²) < 4.78 is 10.2. The van der Waals surface area contributed by atoms with Crippen molar-refractivity contribution in [2.24, 2.45) is 0 Å². The first-order valence-corrected chi connectivity index (χ1v) is 33.8. The Morgan fingerprint density at radius 2 is 0.537 bits per heavy atom. The van der Waals surface area contributed by atoms with Crippen molar-refractivity contribution in [3.05, 3.63) is 304 Å². The highest BCUT2D eigenvalue weighted by molar-refractivity contribution is 6.96. The Morgan fingerprint density at radius 3 is 0.884 bits per heavy atom. The van der Waals surface area contributed by atoms with Crippen LogP contribution in [0.1, 0.15) is 83.3 Å². The van der Waals surface area contributed by atoms with Crippen LogP contribution in [0.2, 0.25) is 0 Å². The highest BCUT2D eigenvalue weighted by Gasteiger charge is 2.38. The summed E-state index contributed by atoms with van der Waals surface area (Å²) in [6.07, 6.45) is 0. The van der Waals surface area contributed by atoms with Crippen LogP contribution >= 0.6 is 0 Å². The molecule has 0 fully saturated rings. The van der Waals surface area contributed by atoms with Crippen molar-refractivity contribution in [2.75, 3.05) is 0 Å². The summed E-state index contributed by atoms with van der Waals surface area (Å²) in [4.78, 5) is 0. The molecule has 0 N–H and O–H groups in total. The Balaban J connectivity index is 0.899. The average Bonchev–Trinajstić information content (AvgIpc) is 1.56. The standard InChI is InChI=1S/C90H71BN4/c1-52-39-54(3)87(55(4)40-52)91(88-56(5)41-53(2)42-57(88)6)58-43-61(94-81-33-21-15-27-67(81)73-48-83-71(50-85(73)94)65-25-13-19-31-79(65)92(83)59-35-37-77-69(46-59)63-23-11-17-29-75(63)89(77,7)8)45-62(44-58)95-82-34-22-16-28-68(82)74-49-84-72(51-86(74)95)66-26-14-20-32-80(66)93(84)60-36-38-78-70(47-60)64-24-12-18-30-76(64)90(78,9)10/h11-51H,1-10H3. The Labute approximate surface area is 554 Å². The minimum atomic E-state index is -0.0971. The molecular weight excluding hydrogens is 1150 g/mol. The molecule has 2 aliphatic rings. The van der Waals surface area contributed by atoms with Crippen LogP contribution in [0.15, 0.2) is 249 Å². The Kier molecular flexibility index (Phi) is 11.6. The molecule has 0 aliphatic heterocycles. The van der Waals surface area contributed by atoms with Crippen molar-refractivity contribution in [1.82, 2.24) is 18.3 Å². The van der Waals surface area contributed by atoms with Crippen molar-refractivity contribution in [2.45, 2.75) is 80.1 Å². The summed E-state index contributed by atoms with van der Waals surface area (Å²) in [7, 11) is 0. The Morgan fingerprint density at radius 1 is 0.242 bits per heavy atom. The van der Waals surface area contributed by atoms with Gasteiger partial charge >= 0.3 is 0 Å². The fraction of sp³-hybridized carbons (Fsp3) is 0.133. The van der Waals surface area contributed by atoms with Gasteiger partial charge in [-0.15, -0.1) is 0 Å². The van der Waals surface area contributed by atoms with Gasteiger partial charge in [0.25, 0.3) is 0 Å². The van der Waals surface area contributed by atoms with Gasteiger partial charge in [0.1, 0.15) is 0 Å². The minimum Gasteiger partial charge on any atom is -0.309 e. The Bertz CT molecular complexity index is 5820. The smallest absolute Gasteiger partial charge is 0.242 e. The second-order valence-corrected chi connectivity index (χ2v) is 28.8. The second-order valence-electron chi connectivity index (χ2n) is 28.8. The maximum atomic E-state index is 2.59. The minimum absolute atomic E-state index is 0.0859. The van der Waals surface area contributed by atoms with Gasteiger partial charge in [-0.2, -0.15) is 0 Å². The molecule has 5 heteroatoms. The lowest BCUT2D eigenvalue weighted by Gasteiger charge is -2.26. The van der Waals surface area contributed by atoms with Gasteiger partial charge in [-0.05, 0) is 177 Å². The van der Waals surface area contributed by atoms with Crippen LogP contribution in [0.4, 0.5) is 0 Å². The van der Waals surface area contributed by atoms with Crippen LogP contribution in [0.25, 0.3) is 132 Å². The summed E-state index contributed by atoms with van der Waals surface area (Å²) in [5.41, 5.74) is 36.4. The molecule has 95 heavy (non-hydrogen) atoms. The van der Waals surface area contributed by atoms with E-state index in [1.54, 1.807) is 0 Å². The fourth-order valence-corrected chi connectivity index (χ4v) is 18.5. The molecule has 13 aromatic carbocycles. The van der Waals surface area contributed by atoms with Gasteiger partial charge in [0, 0.05) is 76.7 Å². The summed E-state index contributed by atoms with van der Waals surface area (Å²) >= 11 is 0. The van der Waals surface area contributed by atoms with Crippen molar-refractivity contribution in [3.63, 3.8) is 0 Å². The van der Waals surface area contributed by atoms with Gasteiger partial charge in [-0.25, -0.2) is 0 Å². The molecule has 0 atom stereocenters. The van der Waals surface area contributed by atoms with Crippen LogP contribution in [0.5, 0.6) is 0 Å². The van der Waals surface area contributed by atoms with Gasteiger partial charge in [-0.3, -0.25) is 0 Å². The van der Waals surface area contributed by atoms with Gasteiger partial charge < -0.3 is 18.3 Å². The topological polar surface area (TPSA) is 19.7 Å². The number of hydrogen-bond donors (Lipinski definition) is 0. The second kappa shape index (κ2) is 19.8. The van der Waals surface area contributed by atoms with E-state index in [-0.39, 0.29) is 17.5 Å². The third-order valence-corrected chi connectivity index (χ3v) is 22.4. The van der Waals surface area contributed by atoms with E-state index in [1.807, 2.05) is 0 Å². The monoisotopic (exact) mass is 1220 g/mol. The summed E-state index contributed by atoms with van der Waals surface area (Å²) in [6.45, 7) is 23.2. The molecule has 2 aliphatic carbocycles. The molecule has 0 saturated heterocycles. The van der Waals surface area contributed by atoms with Gasteiger partial charge in [0.05, 0.1) is 44.1 Å². The largest absolute Gasteiger partial charge is 0.309 e. The molecule has 4 nitrogen and oxygen atoms in total. The molecule has 0 unspecified atom stereocenters. The first-order chi connectivity index (χ1) is 46.1. The SMILES string of the molecule is Cc1cc(C)c(B(c2cc(-n3c4ccccc4c4cc5c(cc43)c3ccccc3n5-c3ccc4c(c3)-c3ccccc3C4(C)C)cc(-n3c4ccccc4c4cc5c(cc43)c3ccccc3n5-c3ccc4c(c3)-c3ccccc3C4(C)C)c2)c2c(C)cc(C)cc2C)c(C)c1. The van der Waals surface area contributed by atoms with E-state index in [0.717, 1.165) is 11.4 Å².